The Hall–Kier alpha value is -1.16. The number of hydrogen-bond donors (Lipinski definition) is 2. The largest absolute Gasteiger partial charge is 0.389 e. The lowest BCUT2D eigenvalue weighted by molar-refractivity contribution is 0.567. The van der Waals surface area contributed by atoms with Crippen LogP contribution in [0.3, 0.4) is 0 Å². The van der Waals surface area contributed by atoms with Crippen LogP contribution < -0.4 is 11.1 Å². The third-order valence-corrected chi connectivity index (χ3v) is 3.05. The number of nitrogens with zero attached hydrogens (tertiary/aromatic N) is 1. The second kappa shape index (κ2) is 6.69. The number of anilines is 1. The van der Waals surface area contributed by atoms with Crippen LogP contribution in [0.2, 0.25) is 0 Å². The summed E-state index contributed by atoms with van der Waals surface area (Å²) in [5.41, 5.74) is 9.54. The van der Waals surface area contributed by atoms with E-state index in [2.05, 4.69) is 24.1 Å². The Kier molecular flexibility index (Phi) is 5.54. The van der Waals surface area contributed by atoms with Crippen molar-refractivity contribution in [2.45, 2.75) is 40.5 Å². The van der Waals surface area contributed by atoms with Crippen molar-refractivity contribution >= 4 is 22.9 Å². The predicted octanol–water partition coefficient (Wildman–Crippen LogP) is 3.18. The number of aryl methyl sites for hydroxylation is 2. The maximum Gasteiger partial charge on any atom is 0.107 e. The third kappa shape index (κ3) is 4.26. The Balaban J connectivity index is 2.77. The number of nitrogens with one attached hydrogen (secondary N) is 1. The van der Waals surface area contributed by atoms with Gasteiger partial charge in [0.05, 0.1) is 5.56 Å². The SMILES string of the molecule is Cc1cc(NCCCC(C)C)c(C(N)=S)c(C)n1. The van der Waals surface area contributed by atoms with E-state index in [0.29, 0.717) is 4.99 Å². The molecular formula is C14H23N3S. The molecule has 4 heteroatoms. The first-order valence-corrected chi connectivity index (χ1v) is 6.84. The monoisotopic (exact) mass is 265 g/mol. The van der Waals surface area contributed by atoms with Crippen LogP contribution in [0.1, 0.15) is 43.6 Å². The van der Waals surface area contributed by atoms with Crippen LogP contribution in [-0.2, 0) is 0 Å². The zero-order chi connectivity index (χ0) is 13.7. The van der Waals surface area contributed by atoms with E-state index < -0.39 is 0 Å². The second-order valence-corrected chi connectivity index (χ2v) is 5.54. The van der Waals surface area contributed by atoms with Crippen LogP contribution in [0.15, 0.2) is 6.07 Å². The van der Waals surface area contributed by atoms with Gasteiger partial charge in [-0.15, -0.1) is 0 Å². The molecule has 0 saturated heterocycles. The van der Waals surface area contributed by atoms with Crippen molar-refractivity contribution < 1.29 is 0 Å². The zero-order valence-corrected chi connectivity index (χ0v) is 12.5. The molecule has 1 rings (SSSR count). The molecule has 1 heterocycles. The predicted molar refractivity (Wildman–Crippen MR) is 82.2 cm³/mol. The van der Waals surface area contributed by atoms with Gasteiger partial charge in [-0.3, -0.25) is 4.98 Å². The molecule has 100 valence electrons. The normalized spacial score (nSPS) is 10.7. The van der Waals surface area contributed by atoms with E-state index in [4.69, 9.17) is 18.0 Å². The Bertz CT molecular complexity index is 427. The summed E-state index contributed by atoms with van der Waals surface area (Å²) < 4.78 is 0. The molecule has 0 bridgehead atoms. The van der Waals surface area contributed by atoms with Crippen LogP contribution in [0.5, 0.6) is 0 Å². The van der Waals surface area contributed by atoms with Gasteiger partial charge in [-0.1, -0.05) is 26.1 Å². The van der Waals surface area contributed by atoms with Gasteiger partial charge in [0.25, 0.3) is 0 Å². The fraction of sp³-hybridized carbons (Fsp3) is 0.571. The second-order valence-electron chi connectivity index (χ2n) is 5.10. The molecule has 0 aliphatic heterocycles. The van der Waals surface area contributed by atoms with Gasteiger partial charge in [0.1, 0.15) is 4.99 Å². The summed E-state index contributed by atoms with van der Waals surface area (Å²) in [6.07, 6.45) is 2.37. The zero-order valence-electron chi connectivity index (χ0n) is 11.7. The van der Waals surface area contributed by atoms with Crippen LogP contribution in [0, 0.1) is 19.8 Å². The topological polar surface area (TPSA) is 50.9 Å². The molecule has 0 aliphatic carbocycles. The van der Waals surface area contributed by atoms with Gasteiger partial charge < -0.3 is 11.1 Å². The molecule has 0 amide bonds. The van der Waals surface area contributed by atoms with Gasteiger partial charge in [-0.2, -0.15) is 0 Å². The summed E-state index contributed by atoms with van der Waals surface area (Å²) in [5.74, 6) is 0.739. The van der Waals surface area contributed by atoms with Crippen LogP contribution >= 0.6 is 12.2 Å². The van der Waals surface area contributed by atoms with Crippen molar-refractivity contribution in [3.05, 3.63) is 23.0 Å². The number of aromatic nitrogens is 1. The van der Waals surface area contributed by atoms with Crippen molar-refractivity contribution in [2.75, 3.05) is 11.9 Å². The Morgan fingerprint density at radius 2 is 2.11 bits per heavy atom. The van der Waals surface area contributed by atoms with E-state index in [1.54, 1.807) is 0 Å². The minimum absolute atomic E-state index is 0.409. The Morgan fingerprint density at radius 3 is 2.67 bits per heavy atom. The van der Waals surface area contributed by atoms with Gasteiger partial charge in [-0.25, -0.2) is 0 Å². The highest BCUT2D eigenvalue weighted by atomic mass is 32.1. The van der Waals surface area contributed by atoms with Gasteiger partial charge in [-0.05, 0) is 38.7 Å². The third-order valence-electron chi connectivity index (χ3n) is 2.85. The summed E-state index contributed by atoms with van der Waals surface area (Å²) in [7, 11) is 0. The quantitative estimate of drug-likeness (QED) is 0.612. The van der Waals surface area contributed by atoms with Crippen LogP contribution in [-0.4, -0.2) is 16.5 Å². The molecule has 3 N–H and O–H groups in total. The van der Waals surface area contributed by atoms with E-state index in [-0.39, 0.29) is 0 Å². The maximum atomic E-state index is 5.77. The number of rotatable bonds is 6. The van der Waals surface area contributed by atoms with E-state index in [1.807, 2.05) is 19.9 Å². The van der Waals surface area contributed by atoms with Crippen molar-refractivity contribution in [1.29, 1.82) is 0 Å². The van der Waals surface area contributed by atoms with Gasteiger partial charge in [0.15, 0.2) is 0 Å². The molecule has 0 radical (unpaired) electrons. The highest BCUT2D eigenvalue weighted by molar-refractivity contribution is 7.80. The molecule has 3 nitrogen and oxygen atoms in total. The average molecular weight is 265 g/mol. The van der Waals surface area contributed by atoms with E-state index in [1.165, 1.54) is 6.42 Å². The van der Waals surface area contributed by atoms with Crippen LogP contribution in [0.25, 0.3) is 0 Å². The molecule has 0 aromatic carbocycles. The van der Waals surface area contributed by atoms with E-state index >= 15 is 0 Å². The minimum atomic E-state index is 0.409. The van der Waals surface area contributed by atoms with Gasteiger partial charge in [0.2, 0.25) is 0 Å². The van der Waals surface area contributed by atoms with Crippen molar-refractivity contribution in [1.82, 2.24) is 4.98 Å². The number of thiocarbonyl (C=S) groups is 1. The maximum absolute atomic E-state index is 5.77. The van der Waals surface area contributed by atoms with E-state index in [9.17, 15) is 0 Å². The lowest BCUT2D eigenvalue weighted by Gasteiger charge is -2.14. The van der Waals surface area contributed by atoms with Gasteiger partial charge >= 0.3 is 0 Å². The Labute approximate surface area is 115 Å². The van der Waals surface area contributed by atoms with Crippen molar-refractivity contribution in [2.24, 2.45) is 11.7 Å². The highest BCUT2D eigenvalue weighted by Crippen LogP contribution is 2.20. The highest BCUT2D eigenvalue weighted by Gasteiger charge is 2.10. The number of nitrogens with two attached hydrogens (primary N) is 1. The Morgan fingerprint density at radius 1 is 1.44 bits per heavy atom. The first-order valence-electron chi connectivity index (χ1n) is 6.43. The molecule has 0 saturated carbocycles. The molecule has 1 aromatic heterocycles. The van der Waals surface area contributed by atoms with Crippen molar-refractivity contribution in [3.8, 4) is 0 Å². The number of hydrogen-bond acceptors (Lipinski definition) is 3. The number of pyridine rings is 1. The van der Waals surface area contributed by atoms with Crippen LogP contribution in [0.4, 0.5) is 5.69 Å². The van der Waals surface area contributed by atoms with E-state index in [0.717, 1.165) is 41.5 Å². The smallest absolute Gasteiger partial charge is 0.107 e. The van der Waals surface area contributed by atoms with Gasteiger partial charge in [0, 0.05) is 23.6 Å². The summed E-state index contributed by atoms with van der Waals surface area (Å²) in [6, 6.07) is 2.01. The molecule has 0 spiro atoms. The molecule has 1 aromatic rings. The molecule has 0 fully saturated rings. The van der Waals surface area contributed by atoms with Crippen molar-refractivity contribution in [3.63, 3.8) is 0 Å². The lowest BCUT2D eigenvalue weighted by atomic mass is 10.1. The fourth-order valence-electron chi connectivity index (χ4n) is 2.01. The summed E-state index contributed by atoms with van der Waals surface area (Å²) in [5, 5.41) is 3.42. The minimum Gasteiger partial charge on any atom is -0.389 e. The molecule has 18 heavy (non-hydrogen) atoms. The summed E-state index contributed by atoms with van der Waals surface area (Å²) >= 11 is 5.10. The average Bonchev–Trinajstić information content (AvgIpc) is 2.22. The first-order chi connectivity index (χ1) is 8.41. The molecule has 0 unspecified atom stereocenters. The standard InChI is InChI=1S/C14H23N3S/c1-9(2)6-5-7-16-12-8-10(3)17-11(4)13(12)14(15)18/h8-9H,5-7H2,1-4H3,(H2,15,18)(H,16,17). The first kappa shape index (κ1) is 14.9. The summed E-state index contributed by atoms with van der Waals surface area (Å²) in [6.45, 7) is 9.34. The molecule has 0 atom stereocenters. The fourth-order valence-corrected chi connectivity index (χ4v) is 2.27. The summed E-state index contributed by atoms with van der Waals surface area (Å²) in [4.78, 5) is 4.81. The molecule has 0 aliphatic rings. The lowest BCUT2D eigenvalue weighted by Crippen LogP contribution is -2.17. The molecular weight excluding hydrogens is 242 g/mol.